The first-order chi connectivity index (χ1) is 13.7. The minimum atomic E-state index is -2.28. The van der Waals surface area contributed by atoms with E-state index in [2.05, 4.69) is 6.92 Å². The quantitative estimate of drug-likeness (QED) is 0.250. The number of carboxylic acid groups (broad SMARTS) is 3. The maximum Gasteiger partial charge on any atom is 0.337 e. The second-order valence-electron chi connectivity index (χ2n) is 7.91. The van der Waals surface area contributed by atoms with E-state index in [0.717, 1.165) is 38.5 Å². The third kappa shape index (κ3) is 7.96. The number of unbranched alkanes of at least 4 members (excludes halogenated alkanes) is 7. The Bertz CT molecular complexity index is 505. The molecule has 7 nitrogen and oxygen atoms in total. The summed E-state index contributed by atoms with van der Waals surface area (Å²) in [6.07, 6.45) is 7.30. The molecule has 3 N–H and O–H groups in total. The Hall–Kier alpha value is -1.63. The third-order valence-electron chi connectivity index (χ3n) is 5.69. The Balaban J connectivity index is 5.97. The molecule has 0 saturated carbocycles. The molecule has 0 aromatic carbocycles. The Morgan fingerprint density at radius 3 is 1.69 bits per heavy atom. The highest BCUT2D eigenvalue weighted by molar-refractivity contribution is 5.92. The number of carbonyl (C=O) groups is 3. The van der Waals surface area contributed by atoms with Crippen molar-refractivity contribution in [1.82, 2.24) is 0 Å². The molecule has 0 bridgehead atoms. The molecule has 0 aliphatic rings. The second kappa shape index (κ2) is 14.4. The zero-order chi connectivity index (χ0) is 22.3. The summed E-state index contributed by atoms with van der Waals surface area (Å²) in [5, 5.41) is 29.7. The van der Waals surface area contributed by atoms with Crippen LogP contribution in [0, 0.1) is 5.41 Å². The summed E-state index contributed by atoms with van der Waals surface area (Å²) in [6.45, 7) is 5.93. The van der Waals surface area contributed by atoms with E-state index in [1.807, 2.05) is 13.8 Å². The molecule has 0 aromatic rings. The van der Waals surface area contributed by atoms with E-state index in [0.29, 0.717) is 25.7 Å². The van der Waals surface area contributed by atoms with E-state index < -0.39 is 35.3 Å². The third-order valence-corrected chi connectivity index (χ3v) is 5.69. The fourth-order valence-corrected chi connectivity index (χ4v) is 3.91. The molecular formula is C22H40O7. The van der Waals surface area contributed by atoms with E-state index in [-0.39, 0.29) is 19.4 Å². The molecule has 7 heteroatoms. The van der Waals surface area contributed by atoms with Crippen LogP contribution in [-0.4, -0.2) is 45.4 Å². The molecule has 0 amide bonds. The number of rotatable bonds is 19. The van der Waals surface area contributed by atoms with Crippen molar-refractivity contribution in [1.29, 1.82) is 0 Å². The lowest BCUT2D eigenvalue weighted by Crippen LogP contribution is -2.61. The molecular weight excluding hydrogens is 376 g/mol. The molecule has 0 spiro atoms. The van der Waals surface area contributed by atoms with E-state index in [4.69, 9.17) is 4.74 Å². The lowest BCUT2D eigenvalue weighted by molar-refractivity contribution is -0.208. The summed E-state index contributed by atoms with van der Waals surface area (Å²) in [4.78, 5) is 36.5. The summed E-state index contributed by atoms with van der Waals surface area (Å²) in [5.74, 6) is -4.14. The van der Waals surface area contributed by atoms with Crippen LogP contribution in [0.2, 0.25) is 0 Å². The monoisotopic (exact) mass is 416 g/mol. The molecule has 0 saturated heterocycles. The van der Waals surface area contributed by atoms with Gasteiger partial charge in [0.2, 0.25) is 0 Å². The largest absolute Gasteiger partial charge is 0.481 e. The van der Waals surface area contributed by atoms with Crippen LogP contribution < -0.4 is 0 Å². The standard InChI is InChI=1S/C22H40O7/c1-4-7-10-11-12-13-15-21(19(25)26,14-8-5-2)22(20(27)28,17-18(23)24)29-16-9-6-3/h4-17H2,1-3H3,(H,23,24)(H,25,26)(H,27,28). The molecule has 0 fully saturated rings. The molecule has 0 aliphatic carbocycles. The van der Waals surface area contributed by atoms with Gasteiger partial charge >= 0.3 is 17.9 Å². The molecule has 0 aliphatic heterocycles. The van der Waals surface area contributed by atoms with Gasteiger partial charge in [0.15, 0.2) is 5.60 Å². The van der Waals surface area contributed by atoms with E-state index in [1.54, 1.807) is 0 Å². The summed E-state index contributed by atoms with van der Waals surface area (Å²) in [7, 11) is 0. The smallest absolute Gasteiger partial charge is 0.337 e. The molecule has 0 rings (SSSR count). The topological polar surface area (TPSA) is 121 Å². The zero-order valence-electron chi connectivity index (χ0n) is 18.4. The van der Waals surface area contributed by atoms with Crippen molar-refractivity contribution in [2.24, 2.45) is 5.41 Å². The summed E-state index contributed by atoms with van der Waals surface area (Å²) in [6, 6.07) is 0. The van der Waals surface area contributed by atoms with Crippen molar-refractivity contribution < 1.29 is 34.4 Å². The van der Waals surface area contributed by atoms with Crippen molar-refractivity contribution in [3.05, 3.63) is 0 Å². The number of aliphatic carboxylic acids is 3. The molecule has 2 atom stereocenters. The van der Waals surface area contributed by atoms with Crippen LogP contribution >= 0.6 is 0 Å². The molecule has 0 radical (unpaired) electrons. The number of ether oxygens (including phenoxy) is 1. The van der Waals surface area contributed by atoms with Crippen molar-refractivity contribution in [2.75, 3.05) is 6.61 Å². The van der Waals surface area contributed by atoms with Gasteiger partial charge in [0, 0.05) is 6.61 Å². The first-order valence-corrected chi connectivity index (χ1v) is 11.1. The normalized spacial score (nSPS) is 15.4. The minimum Gasteiger partial charge on any atom is -0.481 e. The SMILES string of the molecule is CCCCCCCCC(CCCC)(C(=O)O)C(CC(=O)O)(OCCCC)C(=O)O. The second-order valence-corrected chi connectivity index (χ2v) is 7.91. The van der Waals surface area contributed by atoms with Gasteiger partial charge in [-0.3, -0.25) is 9.59 Å². The fourth-order valence-electron chi connectivity index (χ4n) is 3.91. The molecule has 29 heavy (non-hydrogen) atoms. The van der Waals surface area contributed by atoms with Gasteiger partial charge in [-0.15, -0.1) is 0 Å². The molecule has 0 aromatic heterocycles. The summed E-state index contributed by atoms with van der Waals surface area (Å²) >= 11 is 0. The maximum atomic E-state index is 12.5. The van der Waals surface area contributed by atoms with Crippen molar-refractivity contribution in [3.63, 3.8) is 0 Å². The van der Waals surface area contributed by atoms with E-state index in [9.17, 15) is 29.7 Å². The van der Waals surface area contributed by atoms with E-state index in [1.165, 1.54) is 0 Å². The van der Waals surface area contributed by atoms with Crippen LogP contribution in [0.4, 0.5) is 0 Å². The average molecular weight is 417 g/mol. The summed E-state index contributed by atoms with van der Waals surface area (Å²) < 4.78 is 5.70. The molecule has 2 unspecified atom stereocenters. The minimum absolute atomic E-state index is 0.0216. The van der Waals surface area contributed by atoms with Crippen molar-refractivity contribution >= 4 is 17.9 Å². The van der Waals surface area contributed by atoms with Gasteiger partial charge in [-0.2, -0.15) is 0 Å². The lowest BCUT2D eigenvalue weighted by Gasteiger charge is -2.44. The fraction of sp³-hybridized carbons (Fsp3) is 0.864. The van der Waals surface area contributed by atoms with Gasteiger partial charge in [-0.05, 0) is 19.3 Å². The lowest BCUT2D eigenvalue weighted by atomic mass is 9.63. The van der Waals surface area contributed by atoms with Gasteiger partial charge in [-0.25, -0.2) is 4.79 Å². The van der Waals surface area contributed by atoms with E-state index >= 15 is 0 Å². The van der Waals surface area contributed by atoms with Gasteiger partial charge in [0.05, 0.1) is 6.42 Å². The van der Waals surface area contributed by atoms with Crippen LogP contribution in [-0.2, 0) is 19.1 Å². The Morgan fingerprint density at radius 1 is 0.690 bits per heavy atom. The summed E-state index contributed by atoms with van der Waals surface area (Å²) in [5.41, 5.74) is -4.05. The number of hydrogen-bond donors (Lipinski definition) is 3. The molecule has 0 heterocycles. The van der Waals surface area contributed by atoms with Crippen molar-refractivity contribution in [3.8, 4) is 0 Å². The van der Waals surface area contributed by atoms with Crippen LogP contribution in [0.5, 0.6) is 0 Å². The Kier molecular flexibility index (Phi) is 13.6. The average Bonchev–Trinajstić information content (AvgIpc) is 2.65. The van der Waals surface area contributed by atoms with Crippen LogP contribution in [0.15, 0.2) is 0 Å². The maximum absolute atomic E-state index is 12.5. The highest BCUT2D eigenvalue weighted by atomic mass is 16.5. The highest BCUT2D eigenvalue weighted by Gasteiger charge is 2.63. The first-order valence-electron chi connectivity index (χ1n) is 11.1. The number of hydrogen-bond acceptors (Lipinski definition) is 4. The predicted molar refractivity (Wildman–Crippen MR) is 111 cm³/mol. The Morgan fingerprint density at radius 2 is 1.21 bits per heavy atom. The van der Waals surface area contributed by atoms with Crippen LogP contribution in [0.3, 0.4) is 0 Å². The zero-order valence-corrected chi connectivity index (χ0v) is 18.4. The van der Waals surface area contributed by atoms with Crippen molar-refractivity contribution in [2.45, 2.75) is 110 Å². The number of carboxylic acids is 3. The predicted octanol–water partition coefficient (Wildman–Crippen LogP) is 5.11. The van der Waals surface area contributed by atoms with Gasteiger partial charge in [0.25, 0.3) is 0 Å². The van der Waals surface area contributed by atoms with Gasteiger partial charge in [-0.1, -0.05) is 78.6 Å². The molecule has 170 valence electrons. The van der Waals surface area contributed by atoms with Gasteiger partial charge in [0.1, 0.15) is 5.41 Å². The first kappa shape index (κ1) is 27.4. The van der Waals surface area contributed by atoms with Gasteiger partial charge < -0.3 is 20.1 Å². The van der Waals surface area contributed by atoms with Crippen LogP contribution in [0.25, 0.3) is 0 Å². The Labute approximate surface area is 174 Å². The van der Waals surface area contributed by atoms with Crippen LogP contribution in [0.1, 0.15) is 104 Å². The highest BCUT2D eigenvalue weighted by Crippen LogP contribution is 2.47.